The van der Waals surface area contributed by atoms with Gasteiger partial charge < -0.3 is 30.7 Å². The van der Waals surface area contributed by atoms with Gasteiger partial charge in [-0.2, -0.15) is 4.98 Å². The Morgan fingerprint density at radius 1 is 1.11 bits per heavy atom. The van der Waals surface area contributed by atoms with E-state index in [1.54, 1.807) is 26.0 Å². The van der Waals surface area contributed by atoms with Gasteiger partial charge in [0.05, 0.1) is 12.3 Å². The number of amides is 1. The fourth-order valence-electron chi connectivity index (χ4n) is 3.91. The van der Waals surface area contributed by atoms with Crippen LogP contribution < -0.4 is 25.6 Å². The molecule has 0 atom stereocenters. The van der Waals surface area contributed by atoms with Crippen LogP contribution in [0.2, 0.25) is 0 Å². The van der Waals surface area contributed by atoms with Crippen LogP contribution in [-0.4, -0.2) is 50.8 Å². The highest BCUT2D eigenvalue weighted by molar-refractivity contribution is 5.99. The molecule has 1 aromatic carbocycles. The van der Waals surface area contributed by atoms with E-state index in [0.29, 0.717) is 5.75 Å². The van der Waals surface area contributed by atoms with Crippen molar-refractivity contribution >= 4 is 40.7 Å². The second-order valence-electron chi connectivity index (χ2n) is 9.01. The molecule has 4 N–H and O–H groups in total. The van der Waals surface area contributed by atoms with Crippen molar-refractivity contribution in [1.29, 1.82) is 0 Å². The second kappa shape index (κ2) is 8.99. The van der Waals surface area contributed by atoms with Crippen LogP contribution >= 0.6 is 0 Å². The van der Waals surface area contributed by atoms with E-state index in [1.165, 1.54) is 0 Å². The summed E-state index contributed by atoms with van der Waals surface area (Å²) in [5.41, 5.74) is 0.817. The number of hydrogen-bond donors (Lipinski definition) is 4. The van der Waals surface area contributed by atoms with Crippen LogP contribution in [0.25, 0.3) is 0 Å². The summed E-state index contributed by atoms with van der Waals surface area (Å²) in [4.78, 5) is 26.9. The molecule has 0 bridgehead atoms. The number of pyridine rings is 1. The molecule has 2 aliphatic rings. The number of nitrogens with zero attached hydrogens (tertiary/aromatic N) is 4. The number of piperidine rings is 1. The van der Waals surface area contributed by atoms with Crippen LogP contribution in [0.5, 0.6) is 5.75 Å². The van der Waals surface area contributed by atoms with Crippen LogP contribution in [0.4, 0.5) is 39.2 Å². The molecule has 0 saturated carbocycles. The Morgan fingerprint density at radius 3 is 2.60 bits per heavy atom. The molecule has 1 saturated heterocycles. The van der Waals surface area contributed by atoms with E-state index in [2.05, 4.69) is 35.8 Å². The molecule has 11 heteroatoms. The SMILES string of the molecule is CC1(C)Oc2ccc(Nc3nc(Nc4ccc(N5CCC(O)CC5)cc4)ncc3F)nc2NC1=O. The molecule has 1 fully saturated rings. The maximum atomic E-state index is 14.4. The number of aliphatic hydroxyl groups excluding tert-OH is 1. The maximum absolute atomic E-state index is 14.4. The standard InChI is InChI=1S/C24H26FN7O3/c1-24(2)22(34)30-21-18(35-24)7-8-19(29-21)28-20-17(25)13-26-23(31-20)27-14-3-5-15(6-4-14)32-11-9-16(33)10-12-32/h3-8,13,16,33H,9-12H2,1-2H3,(H3,26,27,28,29,30,31,34). The highest BCUT2D eigenvalue weighted by Crippen LogP contribution is 2.33. The summed E-state index contributed by atoms with van der Waals surface area (Å²) in [5, 5.41) is 18.3. The van der Waals surface area contributed by atoms with Crippen molar-refractivity contribution in [2.45, 2.75) is 38.4 Å². The Morgan fingerprint density at radius 2 is 1.86 bits per heavy atom. The second-order valence-corrected chi connectivity index (χ2v) is 9.01. The Balaban J connectivity index is 1.28. The number of anilines is 6. The summed E-state index contributed by atoms with van der Waals surface area (Å²) < 4.78 is 20.1. The first-order valence-electron chi connectivity index (χ1n) is 11.4. The number of hydrogen-bond acceptors (Lipinski definition) is 9. The topological polar surface area (TPSA) is 125 Å². The summed E-state index contributed by atoms with van der Waals surface area (Å²) in [6, 6.07) is 11.0. The molecular weight excluding hydrogens is 453 g/mol. The number of nitrogens with one attached hydrogen (secondary N) is 3. The Hall–Kier alpha value is -3.99. The normalized spacial score (nSPS) is 17.3. The zero-order valence-electron chi connectivity index (χ0n) is 19.4. The summed E-state index contributed by atoms with van der Waals surface area (Å²) in [6.07, 6.45) is 2.36. The van der Waals surface area contributed by atoms with Crippen LogP contribution in [0.1, 0.15) is 26.7 Å². The lowest BCUT2D eigenvalue weighted by atomic mass is 10.1. The van der Waals surface area contributed by atoms with Gasteiger partial charge >= 0.3 is 0 Å². The number of benzene rings is 1. The Kier molecular flexibility index (Phi) is 5.85. The minimum atomic E-state index is -1.00. The molecule has 0 aliphatic carbocycles. The van der Waals surface area contributed by atoms with Crippen LogP contribution in [0, 0.1) is 5.82 Å². The summed E-state index contributed by atoms with van der Waals surface area (Å²) in [6.45, 7) is 4.95. The molecule has 2 aromatic heterocycles. The molecule has 0 spiro atoms. The average molecular weight is 480 g/mol. The Bertz CT molecular complexity index is 1240. The summed E-state index contributed by atoms with van der Waals surface area (Å²) >= 11 is 0. The van der Waals surface area contributed by atoms with Gasteiger partial charge in [-0.25, -0.2) is 14.4 Å². The van der Waals surface area contributed by atoms with Gasteiger partial charge in [-0.05, 0) is 63.1 Å². The van der Waals surface area contributed by atoms with E-state index in [0.717, 1.165) is 43.5 Å². The zero-order valence-corrected chi connectivity index (χ0v) is 19.4. The first kappa shape index (κ1) is 22.8. The van der Waals surface area contributed by atoms with E-state index in [1.807, 2.05) is 24.3 Å². The number of carbonyl (C=O) groups is 1. The predicted octanol–water partition coefficient (Wildman–Crippen LogP) is 3.57. The predicted molar refractivity (Wildman–Crippen MR) is 130 cm³/mol. The van der Waals surface area contributed by atoms with Gasteiger partial charge in [-0.3, -0.25) is 4.79 Å². The minimum Gasteiger partial charge on any atom is -0.474 e. The van der Waals surface area contributed by atoms with Crippen molar-refractivity contribution in [2.75, 3.05) is 33.9 Å². The lowest BCUT2D eigenvalue weighted by Gasteiger charge is -2.31. The van der Waals surface area contributed by atoms with Crippen LogP contribution in [0.3, 0.4) is 0 Å². The number of halogens is 1. The Labute approximate surface area is 201 Å². The van der Waals surface area contributed by atoms with Gasteiger partial charge in [-0.15, -0.1) is 0 Å². The molecule has 5 rings (SSSR count). The van der Waals surface area contributed by atoms with Gasteiger partial charge in [0.15, 0.2) is 28.8 Å². The molecule has 1 amide bonds. The van der Waals surface area contributed by atoms with Crippen molar-refractivity contribution in [3.8, 4) is 5.75 Å². The third-order valence-electron chi connectivity index (χ3n) is 5.95. The number of aromatic nitrogens is 3. The lowest BCUT2D eigenvalue weighted by molar-refractivity contribution is -0.129. The van der Waals surface area contributed by atoms with E-state index in [4.69, 9.17) is 4.74 Å². The monoisotopic (exact) mass is 479 g/mol. The lowest BCUT2D eigenvalue weighted by Crippen LogP contribution is -2.46. The first-order valence-corrected chi connectivity index (χ1v) is 11.4. The fourth-order valence-corrected chi connectivity index (χ4v) is 3.91. The molecule has 3 aromatic rings. The van der Waals surface area contributed by atoms with Gasteiger partial charge in [-0.1, -0.05) is 0 Å². The highest BCUT2D eigenvalue weighted by atomic mass is 19.1. The van der Waals surface area contributed by atoms with Gasteiger partial charge in [0, 0.05) is 24.5 Å². The third-order valence-corrected chi connectivity index (χ3v) is 5.95. The number of aliphatic hydroxyl groups is 1. The number of carbonyl (C=O) groups excluding carboxylic acids is 1. The van der Waals surface area contributed by atoms with Gasteiger partial charge in [0.25, 0.3) is 5.91 Å². The molecular formula is C24H26FN7O3. The van der Waals surface area contributed by atoms with Gasteiger partial charge in [0.1, 0.15) is 5.82 Å². The minimum absolute atomic E-state index is 0.0678. The molecule has 0 radical (unpaired) electrons. The van der Waals surface area contributed by atoms with Crippen LogP contribution in [0.15, 0.2) is 42.6 Å². The van der Waals surface area contributed by atoms with Crippen molar-refractivity contribution < 1.29 is 19.0 Å². The quantitative estimate of drug-likeness (QED) is 0.435. The van der Waals surface area contributed by atoms with Crippen molar-refractivity contribution in [2.24, 2.45) is 0 Å². The van der Waals surface area contributed by atoms with E-state index >= 15 is 0 Å². The van der Waals surface area contributed by atoms with Crippen molar-refractivity contribution in [3.63, 3.8) is 0 Å². The summed E-state index contributed by atoms with van der Waals surface area (Å²) in [5.74, 6) is 0.121. The molecule has 2 aliphatic heterocycles. The van der Waals surface area contributed by atoms with E-state index in [9.17, 15) is 14.3 Å². The number of fused-ring (bicyclic) bond motifs is 1. The number of rotatable bonds is 5. The van der Waals surface area contributed by atoms with E-state index in [-0.39, 0.29) is 35.4 Å². The van der Waals surface area contributed by atoms with Crippen LogP contribution in [-0.2, 0) is 4.79 Å². The summed E-state index contributed by atoms with van der Waals surface area (Å²) in [7, 11) is 0. The maximum Gasteiger partial charge on any atom is 0.269 e. The number of ether oxygens (including phenoxy) is 1. The third kappa shape index (κ3) is 4.94. The first-order chi connectivity index (χ1) is 16.8. The molecule has 35 heavy (non-hydrogen) atoms. The molecule has 4 heterocycles. The van der Waals surface area contributed by atoms with Gasteiger partial charge in [0.2, 0.25) is 5.95 Å². The molecule has 10 nitrogen and oxygen atoms in total. The zero-order chi connectivity index (χ0) is 24.6. The largest absolute Gasteiger partial charge is 0.474 e. The van der Waals surface area contributed by atoms with Crippen molar-refractivity contribution in [3.05, 3.63) is 48.4 Å². The van der Waals surface area contributed by atoms with E-state index < -0.39 is 11.4 Å². The smallest absolute Gasteiger partial charge is 0.269 e. The highest BCUT2D eigenvalue weighted by Gasteiger charge is 2.36. The average Bonchev–Trinajstić information content (AvgIpc) is 2.83. The molecule has 0 unspecified atom stereocenters. The molecule has 182 valence electrons. The fraction of sp³-hybridized carbons (Fsp3) is 0.333. The van der Waals surface area contributed by atoms with Crippen molar-refractivity contribution in [1.82, 2.24) is 15.0 Å².